The molecular formula is C26H38N2. The first kappa shape index (κ1) is 21.0. The molecule has 0 N–H and O–H groups in total. The van der Waals surface area contributed by atoms with Crippen LogP contribution in [0.25, 0.3) is 11.3 Å². The Kier molecular flexibility index (Phi) is 8.51. The normalized spacial score (nSPS) is 19.6. The van der Waals surface area contributed by atoms with Crippen LogP contribution in [0.15, 0.2) is 36.4 Å². The van der Waals surface area contributed by atoms with Crippen LogP contribution in [0, 0.1) is 11.8 Å². The molecule has 1 aliphatic carbocycles. The minimum Gasteiger partial charge on any atom is -0.155 e. The molecule has 1 aromatic carbocycles. The zero-order valence-corrected chi connectivity index (χ0v) is 18.0. The fourth-order valence-corrected chi connectivity index (χ4v) is 4.62. The van der Waals surface area contributed by atoms with Crippen LogP contribution in [0.2, 0.25) is 0 Å². The summed E-state index contributed by atoms with van der Waals surface area (Å²) in [6, 6.07) is 13.1. The Hall–Kier alpha value is -1.70. The van der Waals surface area contributed by atoms with E-state index in [1.807, 2.05) is 0 Å². The number of hydrogen-bond donors (Lipinski definition) is 0. The lowest BCUT2D eigenvalue weighted by Gasteiger charge is -2.28. The number of rotatable bonds is 10. The second kappa shape index (κ2) is 11.3. The molecule has 1 saturated carbocycles. The van der Waals surface area contributed by atoms with E-state index < -0.39 is 0 Å². The smallest absolute Gasteiger partial charge is 0.0929 e. The Balaban J connectivity index is 1.42. The Labute approximate surface area is 172 Å². The van der Waals surface area contributed by atoms with Crippen LogP contribution in [-0.4, -0.2) is 10.2 Å². The van der Waals surface area contributed by atoms with E-state index in [-0.39, 0.29) is 0 Å². The molecule has 0 amide bonds. The van der Waals surface area contributed by atoms with Crippen molar-refractivity contribution in [1.29, 1.82) is 0 Å². The van der Waals surface area contributed by atoms with Gasteiger partial charge in [0.2, 0.25) is 0 Å². The summed E-state index contributed by atoms with van der Waals surface area (Å²) >= 11 is 0. The second-order valence-corrected chi connectivity index (χ2v) is 8.78. The number of benzene rings is 1. The van der Waals surface area contributed by atoms with Gasteiger partial charge in [-0.25, -0.2) is 0 Å². The average molecular weight is 379 g/mol. The van der Waals surface area contributed by atoms with Crippen molar-refractivity contribution in [3.05, 3.63) is 47.7 Å². The van der Waals surface area contributed by atoms with Crippen LogP contribution in [0.1, 0.15) is 89.3 Å². The molecule has 0 unspecified atom stereocenters. The van der Waals surface area contributed by atoms with Crippen molar-refractivity contribution in [2.45, 2.75) is 90.9 Å². The van der Waals surface area contributed by atoms with Gasteiger partial charge < -0.3 is 0 Å². The molecule has 152 valence electrons. The largest absolute Gasteiger partial charge is 0.155 e. The SMILES string of the molecule is CCCCCC1CCC(CCc2ccc(-c3ccc(CCC)cc3)nn2)CC1. The summed E-state index contributed by atoms with van der Waals surface area (Å²) in [4.78, 5) is 0. The van der Waals surface area contributed by atoms with Gasteiger partial charge in [-0.3, -0.25) is 0 Å². The molecule has 0 aliphatic heterocycles. The molecule has 0 saturated heterocycles. The lowest BCUT2D eigenvalue weighted by Crippen LogP contribution is -2.15. The lowest BCUT2D eigenvalue weighted by molar-refractivity contribution is 0.248. The van der Waals surface area contributed by atoms with E-state index in [1.165, 1.54) is 75.3 Å². The summed E-state index contributed by atoms with van der Waals surface area (Å²) in [5.74, 6) is 1.90. The van der Waals surface area contributed by atoms with E-state index in [1.54, 1.807) is 0 Å². The maximum absolute atomic E-state index is 4.51. The van der Waals surface area contributed by atoms with Crippen molar-refractivity contribution in [2.24, 2.45) is 11.8 Å². The monoisotopic (exact) mass is 378 g/mol. The zero-order chi connectivity index (χ0) is 19.6. The van der Waals surface area contributed by atoms with Gasteiger partial charge in [0.1, 0.15) is 0 Å². The number of nitrogens with zero attached hydrogens (tertiary/aromatic N) is 2. The highest BCUT2D eigenvalue weighted by atomic mass is 15.1. The molecule has 1 heterocycles. The number of hydrogen-bond acceptors (Lipinski definition) is 2. The lowest BCUT2D eigenvalue weighted by atomic mass is 9.78. The molecule has 2 aromatic rings. The standard InChI is InChI=1S/C26H38N2/c1-3-5-6-8-22-9-11-23(12-10-22)15-18-25-19-20-26(28-27-25)24-16-13-21(7-4-2)14-17-24/h13-14,16-17,19-20,22-23H,3-12,15,18H2,1-2H3. The van der Waals surface area contributed by atoms with Crippen molar-refractivity contribution < 1.29 is 0 Å². The van der Waals surface area contributed by atoms with Gasteiger partial charge >= 0.3 is 0 Å². The van der Waals surface area contributed by atoms with Crippen LogP contribution >= 0.6 is 0 Å². The molecule has 1 fully saturated rings. The summed E-state index contributed by atoms with van der Waals surface area (Å²) in [6.07, 6.45) is 16.1. The van der Waals surface area contributed by atoms with Gasteiger partial charge in [0.15, 0.2) is 0 Å². The summed E-state index contributed by atoms with van der Waals surface area (Å²) in [5.41, 5.74) is 4.70. The van der Waals surface area contributed by atoms with Crippen molar-refractivity contribution in [3.63, 3.8) is 0 Å². The summed E-state index contributed by atoms with van der Waals surface area (Å²) in [7, 11) is 0. The zero-order valence-electron chi connectivity index (χ0n) is 18.0. The number of unbranched alkanes of at least 4 members (excludes halogenated alkanes) is 2. The molecule has 0 spiro atoms. The van der Waals surface area contributed by atoms with Gasteiger partial charge in [-0.1, -0.05) is 95.9 Å². The minimum atomic E-state index is 0.898. The quantitative estimate of drug-likeness (QED) is 0.402. The highest BCUT2D eigenvalue weighted by Gasteiger charge is 2.20. The van der Waals surface area contributed by atoms with Gasteiger partial charge in [-0.2, -0.15) is 10.2 Å². The van der Waals surface area contributed by atoms with E-state index in [2.05, 4.69) is 60.4 Å². The maximum atomic E-state index is 4.51. The fraction of sp³-hybridized carbons (Fsp3) is 0.615. The van der Waals surface area contributed by atoms with Gasteiger partial charge in [-0.05, 0) is 48.8 Å². The van der Waals surface area contributed by atoms with Crippen LogP contribution < -0.4 is 0 Å². The van der Waals surface area contributed by atoms with Crippen molar-refractivity contribution in [3.8, 4) is 11.3 Å². The first-order valence-electron chi connectivity index (χ1n) is 11.7. The number of aromatic nitrogens is 2. The van der Waals surface area contributed by atoms with Crippen LogP contribution in [0.4, 0.5) is 0 Å². The van der Waals surface area contributed by atoms with Gasteiger partial charge in [-0.15, -0.1) is 0 Å². The van der Waals surface area contributed by atoms with E-state index in [9.17, 15) is 0 Å². The van der Waals surface area contributed by atoms with E-state index in [4.69, 9.17) is 0 Å². The Morgan fingerprint density at radius 2 is 1.43 bits per heavy atom. The predicted molar refractivity (Wildman–Crippen MR) is 119 cm³/mol. The highest BCUT2D eigenvalue weighted by Crippen LogP contribution is 2.34. The number of aryl methyl sites for hydroxylation is 2. The van der Waals surface area contributed by atoms with E-state index in [0.717, 1.165) is 36.1 Å². The van der Waals surface area contributed by atoms with Crippen LogP contribution in [-0.2, 0) is 12.8 Å². The van der Waals surface area contributed by atoms with Crippen LogP contribution in [0.3, 0.4) is 0 Å². The Morgan fingerprint density at radius 3 is 2.04 bits per heavy atom. The molecule has 2 heteroatoms. The summed E-state index contributed by atoms with van der Waals surface area (Å²) in [6.45, 7) is 4.52. The minimum absolute atomic E-state index is 0.898. The van der Waals surface area contributed by atoms with Crippen molar-refractivity contribution in [2.75, 3.05) is 0 Å². The Bertz CT molecular complexity index is 667. The molecule has 0 bridgehead atoms. The predicted octanol–water partition coefficient (Wildman–Crippen LogP) is 7.42. The topological polar surface area (TPSA) is 25.8 Å². The maximum Gasteiger partial charge on any atom is 0.0929 e. The summed E-state index contributed by atoms with van der Waals surface area (Å²) in [5, 5.41) is 9.01. The molecule has 0 atom stereocenters. The molecular weight excluding hydrogens is 340 g/mol. The second-order valence-electron chi connectivity index (χ2n) is 8.78. The summed E-state index contributed by atoms with van der Waals surface area (Å²) < 4.78 is 0. The van der Waals surface area contributed by atoms with Gasteiger partial charge in [0, 0.05) is 5.56 Å². The fourth-order valence-electron chi connectivity index (χ4n) is 4.62. The third-order valence-corrected chi connectivity index (χ3v) is 6.50. The van der Waals surface area contributed by atoms with Crippen LogP contribution in [0.5, 0.6) is 0 Å². The first-order chi connectivity index (χ1) is 13.8. The van der Waals surface area contributed by atoms with E-state index in [0.29, 0.717) is 0 Å². The molecule has 1 aromatic heterocycles. The molecule has 28 heavy (non-hydrogen) atoms. The Morgan fingerprint density at radius 1 is 0.714 bits per heavy atom. The molecule has 2 nitrogen and oxygen atoms in total. The van der Waals surface area contributed by atoms with E-state index >= 15 is 0 Å². The third-order valence-electron chi connectivity index (χ3n) is 6.50. The highest BCUT2D eigenvalue weighted by molar-refractivity contribution is 5.58. The first-order valence-corrected chi connectivity index (χ1v) is 11.7. The molecule has 0 radical (unpaired) electrons. The molecule has 1 aliphatic rings. The van der Waals surface area contributed by atoms with Crippen molar-refractivity contribution in [1.82, 2.24) is 10.2 Å². The molecule has 3 rings (SSSR count). The van der Waals surface area contributed by atoms with Gasteiger partial charge in [0.25, 0.3) is 0 Å². The van der Waals surface area contributed by atoms with Gasteiger partial charge in [0.05, 0.1) is 11.4 Å². The third kappa shape index (κ3) is 6.43. The average Bonchev–Trinajstić information content (AvgIpc) is 2.75. The van der Waals surface area contributed by atoms with Crippen molar-refractivity contribution >= 4 is 0 Å².